The summed E-state index contributed by atoms with van der Waals surface area (Å²) in [4.78, 5) is 9.07. The average molecular weight is 405 g/mol. The summed E-state index contributed by atoms with van der Waals surface area (Å²) >= 11 is 0. The number of aliphatic hydroxyl groups is 1. The van der Waals surface area contributed by atoms with Crippen molar-refractivity contribution in [3.05, 3.63) is 59.9 Å². The van der Waals surface area contributed by atoms with E-state index in [4.69, 9.17) is 0 Å². The predicted molar refractivity (Wildman–Crippen MR) is 109 cm³/mol. The quantitative estimate of drug-likeness (QED) is 0.617. The summed E-state index contributed by atoms with van der Waals surface area (Å²) in [6.07, 6.45) is -4.19. The van der Waals surface area contributed by atoms with Crippen molar-refractivity contribution >= 4 is 16.7 Å². The summed E-state index contributed by atoms with van der Waals surface area (Å²) in [5.41, 5.74) is -2.03. The molecule has 1 aromatic carbocycles. The summed E-state index contributed by atoms with van der Waals surface area (Å²) in [6.45, 7) is 3.44. The fourth-order valence-corrected chi connectivity index (χ4v) is 3.72. The third-order valence-electron chi connectivity index (χ3n) is 5.30. The Balaban J connectivity index is 1.94. The van der Waals surface area contributed by atoms with E-state index in [1.807, 2.05) is 25.1 Å². The van der Waals surface area contributed by atoms with Gasteiger partial charge in [0.1, 0.15) is 5.82 Å². The summed E-state index contributed by atoms with van der Waals surface area (Å²) in [7, 11) is 3.69. The number of benzene rings is 1. The smallest absolute Gasteiger partial charge is 0.380 e. The Labute approximate surface area is 168 Å². The number of alkyl halides is 3. The summed E-state index contributed by atoms with van der Waals surface area (Å²) in [5.74, 6) is 0.708. The average Bonchev–Trinajstić information content (AvgIpc) is 3.02. The Morgan fingerprint density at radius 2 is 1.72 bits per heavy atom. The maximum Gasteiger partial charge on any atom is 0.417 e. The molecule has 0 aliphatic carbocycles. The number of hydrogen-bond acceptors (Lipinski definition) is 3. The van der Waals surface area contributed by atoms with E-state index in [0.29, 0.717) is 17.0 Å². The lowest BCUT2D eigenvalue weighted by molar-refractivity contribution is -0.266. The number of nitrogens with one attached hydrogen (secondary N) is 1. The molecule has 7 heteroatoms. The van der Waals surface area contributed by atoms with Gasteiger partial charge in [-0.25, -0.2) is 4.98 Å². The van der Waals surface area contributed by atoms with E-state index < -0.39 is 30.0 Å². The van der Waals surface area contributed by atoms with Gasteiger partial charge in [-0.3, -0.25) is 0 Å². The normalized spacial score (nSPS) is 14.8. The molecule has 3 rings (SSSR count). The molecule has 2 heterocycles. The number of H-pyrrole nitrogens is 1. The van der Waals surface area contributed by atoms with Crippen LogP contribution >= 0.6 is 0 Å². The van der Waals surface area contributed by atoms with Crippen LogP contribution in [0.1, 0.15) is 31.5 Å². The molecule has 0 amide bonds. The van der Waals surface area contributed by atoms with E-state index in [1.165, 1.54) is 0 Å². The second-order valence-electron chi connectivity index (χ2n) is 8.45. The van der Waals surface area contributed by atoms with E-state index in [0.717, 1.165) is 10.9 Å². The molecule has 0 spiro atoms. The number of anilines is 1. The van der Waals surface area contributed by atoms with Crippen molar-refractivity contribution in [2.45, 2.75) is 43.9 Å². The van der Waals surface area contributed by atoms with Gasteiger partial charge in [-0.05, 0) is 29.5 Å². The Bertz CT molecular complexity index is 980. The lowest BCUT2D eigenvalue weighted by atomic mass is 9.73. The highest BCUT2D eigenvalue weighted by Gasteiger charge is 2.56. The predicted octanol–water partition coefficient (Wildman–Crippen LogP) is 4.83. The van der Waals surface area contributed by atoms with E-state index in [1.54, 1.807) is 56.4 Å². The molecule has 3 aromatic rings. The number of fused-ring (bicyclic) bond motifs is 1. The van der Waals surface area contributed by atoms with E-state index in [9.17, 15) is 18.3 Å². The SMILES string of the molecule is CN(C)c1cc2cc(CC(O)(CC(C)(C)c3ccccc3)C(F)(F)F)[nH]c2cn1. The van der Waals surface area contributed by atoms with Crippen LogP contribution in [0.2, 0.25) is 0 Å². The molecule has 29 heavy (non-hydrogen) atoms. The van der Waals surface area contributed by atoms with E-state index in [2.05, 4.69) is 9.97 Å². The molecule has 156 valence electrons. The van der Waals surface area contributed by atoms with Crippen molar-refractivity contribution in [2.24, 2.45) is 0 Å². The van der Waals surface area contributed by atoms with Crippen molar-refractivity contribution in [1.29, 1.82) is 0 Å². The molecule has 0 saturated heterocycles. The molecule has 0 radical (unpaired) electrons. The van der Waals surface area contributed by atoms with Crippen LogP contribution in [0.15, 0.2) is 48.7 Å². The molecule has 0 saturated carbocycles. The van der Waals surface area contributed by atoms with Crippen molar-refractivity contribution in [3.63, 3.8) is 0 Å². The summed E-state index contributed by atoms with van der Waals surface area (Å²) in [5, 5.41) is 11.6. The highest BCUT2D eigenvalue weighted by atomic mass is 19.4. The molecular formula is C22H26F3N3O. The van der Waals surface area contributed by atoms with Gasteiger partial charge in [-0.15, -0.1) is 0 Å². The van der Waals surface area contributed by atoms with Crippen LogP contribution in [0.4, 0.5) is 19.0 Å². The third-order valence-corrected chi connectivity index (χ3v) is 5.30. The van der Waals surface area contributed by atoms with Crippen LogP contribution in [0.3, 0.4) is 0 Å². The zero-order valence-electron chi connectivity index (χ0n) is 17.0. The minimum atomic E-state index is -4.77. The summed E-state index contributed by atoms with van der Waals surface area (Å²) in [6, 6.07) is 12.4. The maximum atomic E-state index is 14.0. The van der Waals surface area contributed by atoms with Crippen molar-refractivity contribution < 1.29 is 18.3 Å². The number of hydrogen-bond donors (Lipinski definition) is 2. The van der Waals surface area contributed by atoms with Crippen LogP contribution in [-0.2, 0) is 11.8 Å². The monoisotopic (exact) mass is 405 g/mol. The molecule has 0 bridgehead atoms. The van der Waals surface area contributed by atoms with Crippen LogP contribution in [0.5, 0.6) is 0 Å². The first kappa shape index (κ1) is 21.2. The van der Waals surface area contributed by atoms with Crippen LogP contribution in [0.25, 0.3) is 10.9 Å². The molecule has 1 unspecified atom stereocenters. The summed E-state index contributed by atoms with van der Waals surface area (Å²) < 4.78 is 41.9. The number of nitrogens with zero attached hydrogens (tertiary/aromatic N) is 2. The minimum Gasteiger partial charge on any atom is -0.380 e. The topological polar surface area (TPSA) is 52.1 Å². The van der Waals surface area contributed by atoms with Gasteiger partial charge >= 0.3 is 6.18 Å². The Hall–Kier alpha value is -2.54. The highest BCUT2D eigenvalue weighted by molar-refractivity contribution is 5.82. The molecular weight excluding hydrogens is 379 g/mol. The Morgan fingerprint density at radius 3 is 2.31 bits per heavy atom. The third kappa shape index (κ3) is 4.40. The van der Waals surface area contributed by atoms with Gasteiger partial charge < -0.3 is 15.0 Å². The first-order valence-corrected chi connectivity index (χ1v) is 9.41. The minimum absolute atomic E-state index is 0.321. The number of aromatic nitrogens is 2. The number of rotatable bonds is 6. The van der Waals surface area contributed by atoms with Gasteiger partial charge in [0.05, 0.1) is 11.7 Å². The zero-order valence-corrected chi connectivity index (χ0v) is 17.0. The van der Waals surface area contributed by atoms with Crippen molar-refractivity contribution in [1.82, 2.24) is 9.97 Å². The highest BCUT2D eigenvalue weighted by Crippen LogP contribution is 2.43. The molecule has 0 aliphatic heterocycles. The molecule has 0 aliphatic rings. The lowest BCUT2D eigenvalue weighted by Gasteiger charge is -2.37. The fraction of sp³-hybridized carbons (Fsp3) is 0.409. The first-order valence-electron chi connectivity index (χ1n) is 9.41. The second-order valence-corrected chi connectivity index (χ2v) is 8.45. The number of halogens is 3. The molecule has 0 fully saturated rings. The molecule has 2 N–H and O–H groups in total. The standard InChI is InChI=1S/C22H26F3N3O/c1-20(2,16-8-6-5-7-9-16)14-21(29,22(23,24)25)12-17-10-15-11-19(28(3)4)26-13-18(15)27-17/h5-11,13,27,29H,12,14H2,1-4H3. The number of pyridine rings is 1. The molecule has 2 aromatic heterocycles. The van der Waals surface area contributed by atoms with Crippen LogP contribution < -0.4 is 4.90 Å². The van der Waals surface area contributed by atoms with Gasteiger partial charge in [0.2, 0.25) is 0 Å². The second kappa shape index (κ2) is 7.37. The molecule has 4 nitrogen and oxygen atoms in total. The number of aromatic amines is 1. The first-order chi connectivity index (χ1) is 13.4. The van der Waals surface area contributed by atoms with Crippen LogP contribution in [0, 0.1) is 0 Å². The lowest BCUT2D eigenvalue weighted by Crippen LogP contribution is -2.50. The van der Waals surface area contributed by atoms with Crippen LogP contribution in [-0.4, -0.2) is 40.9 Å². The van der Waals surface area contributed by atoms with Gasteiger partial charge in [0.25, 0.3) is 0 Å². The Kier molecular flexibility index (Phi) is 5.38. The van der Waals surface area contributed by atoms with Gasteiger partial charge in [-0.1, -0.05) is 44.2 Å². The maximum absolute atomic E-state index is 14.0. The van der Waals surface area contributed by atoms with Gasteiger partial charge in [0, 0.05) is 31.6 Å². The van der Waals surface area contributed by atoms with E-state index >= 15 is 0 Å². The molecule has 1 atom stereocenters. The van der Waals surface area contributed by atoms with Crippen molar-refractivity contribution in [2.75, 3.05) is 19.0 Å². The zero-order chi connectivity index (χ0) is 21.4. The largest absolute Gasteiger partial charge is 0.417 e. The van der Waals surface area contributed by atoms with Crippen molar-refractivity contribution in [3.8, 4) is 0 Å². The Morgan fingerprint density at radius 1 is 1.07 bits per heavy atom. The van der Waals surface area contributed by atoms with Gasteiger partial charge in [0.15, 0.2) is 5.60 Å². The van der Waals surface area contributed by atoms with E-state index in [-0.39, 0.29) is 0 Å². The fourth-order valence-electron chi connectivity index (χ4n) is 3.72. The van der Waals surface area contributed by atoms with Gasteiger partial charge in [-0.2, -0.15) is 13.2 Å².